The smallest absolute Gasteiger partial charge is 0.240 e. The van der Waals surface area contributed by atoms with Gasteiger partial charge in [-0.2, -0.15) is 0 Å². The number of nitrogens with one attached hydrogen (secondary N) is 3. The van der Waals surface area contributed by atoms with Crippen LogP contribution in [0.4, 0.5) is 4.39 Å². The minimum Gasteiger partial charge on any atom is -0.356 e. The number of carbonyl (C=O) groups is 1. The predicted molar refractivity (Wildman–Crippen MR) is 96.7 cm³/mol. The van der Waals surface area contributed by atoms with Gasteiger partial charge in [0.1, 0.15) is 5.82 Å². The van der Waals surface area contributed by atoms with Crippen molar-refractivity contribution in [2.75, 3.05) is 26.2 Å². The summed E-state index contributed by atoms with van der Waals surface area (Å²) in [5.74, 6) is -0.0851. The number of sulfonamides is 1. The third kappa shape index (κ3) is 7.68. The summed E-state index contributed by atoms with van der Waals surface area (Å²) < 4.78 is 39.1. The largest absolute Gasteiger partial charge is 0.356 e. The number of hydrogen-bond donors (Lipinski definition) is 3. The van der Waals surface area contributed by atoms with E-state index in [0.29, 0.717) is 12.5 Å². The molecule has 0 bridgehead atoms. The first-order valence-electron chi connectivity index (χ1n) is 8.20. The van der Waals surface area contributed by atoms with Crippen molar-refractivity contribution in [1.82, 2.24) is 15.4 Å². The molecule has 1 aromatic carbocycles. The van der Waals surface area contributed by atoms with Crippen molar-refractivity contribution in [3.05, 3.63) is 30.1 Å². The molecule has 2 rings (SSSR count). The van der Waals surface area contributed by atoms with E-state index in [2.05, 4.69) is 15.4 Å². The average molecular weight is 394 g/mol. The summed E-state index contributed by atoms with van der Waals surface area (Å²) in [7, 11) is -3.72. The van der Waals surface area contributed by atoms with Gasteiger partial charge in [0, 0.05) is 19.5 Å². The van der Waals surface area contributed by atoms with Crippen molar-refractivity contribution in [3.63, 3.8) is 0 Å². The Morgan fingerprint density at radius 2 is 1.96 bits per heavy atom. The molecule has 1 unspecified atom stereocenters. The van der Waals surface area contributed by atoms with Gasteiger partial charge in [-0.15, -0.1) is 12.4 Å². The van der Waals surface area contributed by atoms with Gasteiger partial charge in [0.25, 0.3) is 0 Å². The SMILES string of the molecule is Cl.O=C(CCNS(=O)(=O)c1ccc(F)cc1)NCCC1CCCNC1. The molecule has 1 fully saturated rings. The summed E-state index contributed by atoms with van der Waals surface area (Å²) >= 11 is 0. The first-order valence-corrected chi connectivity index (χ1v) is 9.68. The van der Waals surface area contributed by atoms with Crippen LogP contribution in [0, 0.1) is 11.7 Å². The minimum atomic E-state index is -3.72. The lowest BCUT2D eigenvalue weighted by atomic mass is 9.96. The molecule has 0 saturated carbocycles. The molecule has 142 valence electrons. The molecule has 0 aliphatic carbocycles. The summed E-state index contributed by atoms with van der Waals surface area (Å²) in [6, 6.07) is 4.55. The number of carbonyl (C=O) groups excluding carboxylic acids is 1. The summed E-state index contributed by atoms with van der Waals surface area (Å²) in [5.41, 5.74) is 0. The van der Waals surface area contributed by atoms with Gasteiger partial charge in [0.15, 0.2) is 0 Å². The fraction of sp³-hybridized carbons (Fsp3) is 0.562. The molecule has 1 saturated heterocycles. The Labute approximate surface area is 154 Å². The number of piperidine rings is 1. The van der Waals surface area contributed by atoms with Crippen LogP contribution in [0.25, 0.3) is 0 Å². The van der Waals surface area contributed by atoms with Gasteiger partial charge in [0.05, 0.1) is 4.90 Å². The molecule has 1 aliphatic heterocycles. The van der Waals surface area contributed by atoms with Crippen molar-refractivity contribution >= 4 is 28.3 Å². The molecule has 1 atom stereocenters. The van der Waals surface area contributed by atoms with E-state index in [1.54, 1.807) is 0 Å². The number of rotatable bonds is 8. The van der Waals surface area contributed by atoms with Gasteiger partial charge in [-0.1, -0.05) is 0 Å². The zero-order valence-electron chi connectivity index (χ0n) is 14.0. The van der Waals surface area contributed by atoms with Gasteiger partial charge < -0.3 is 10.6 Å². The molecule has 0 aromatic heterocycles. The van der Waals surface area contributed by atoms with Gasteiger partial charge in [-0.25, -0.2) is 17.5 Å². The second kappa shape index (κ2) is 10.7. The normalized spacial score (nSPS) is 17.6. The van der Waals surface area contributed by atoms with Crippen molar-refractivity contribution in [2.45, 2.75) is 30.6 Å². The van der Waals surface area contributed by atoms with E-state index in [9.17, 15) is 17.6 Å². The summed E-state index contributed by atoms with van der Waals surface area (Å²) in [6.45, 7) is 2.68. The third-order valence-electron chi connectivity index (χ3n) is 4.04. The quantitative estimate of drug-likeness (QED) is 0.623. The van der Waals surface area contributed by atoms with Crippen LogP contribution < -0.4 is 15.4 Å². The Hall–Kier alpha value is -1.22. The van der Waals surface area contributed by atoms with Crippen molar-refractivity contribution in [3.8, 4) is 0 Å². The molecule has 6 nitrogen and oxygen atoms in total. The highest BCUT2D eigenvalue weighted by Crippen LogP contribution is 2.13. The van der Waals surface area contributed by atoms with Crippen molar-refractivity contribution in [1.29, 1.82) is 0 Å². The Kier molecular flexibility index (Phi) is 9.34. The lowest BCUT2D eigenvalue weighted by Gasteiger charge is -2.22. The fourth-order valence-corrected chi connectivity index (χ4v) is 3.70. The summed E-state index contributed by atoms with van der Waals surface area (Å²) in [4.78, 5) is 11.7. The monoisotopic (exact) mass is 393 g/mol. The molecular formula is C16H25ClFN3O3S. The zero-order valence-corrected chi connectivity index (χ0v) is 15.6. The van der Waals surface area contributed by atoms with E-state index in [0.717, 1.165) is 31.6 Å². The van der Waals surface area contributed by atoms with E-state index < -0.39 is 15.8 Å². The topological polar surface area (TPSA) is 87.3 Å². The molecule has 25 heavy (non-hydrogen) atoms. The first-order chi connectivity index (χ1) is 11.5. The molecule has 0 spiro atoms. The van der Waals surface area contributed by atoms with Crippen molar-refractivity contribution in [2.24, 2.45) is 5.92 Å². The van der Waals surface area contributed by atoms with E-state index in [1.807, 2.05) is 0 Å². The zero-order chi connectivity index (χ0) is 17.4. The van der Waals surface area contributed by atoms with E-state index in [1.165, 1.54) is 25.0 Å². The fourth-order valence-electron chi connectivity index (χ4n) is 2.67. The molecular weight excluding hydrogens is 369 g/mol. The maximum absolute atomic E-state index is 12.8. The Balaban J connectivity index is 0.00000312. The van der Waals surface area contributed by atoms with Crippen LogP contribution in [0.15, 0.2) is 29.2 Å². The van der Waals surface area contributed by atoms with Crippen LogP contribution in [0.2, 0.25) is 0 Å². The van der Waals surface area contributed by atoms with Gasteiger partial charge in [-0.05, 0) is 62.5 Å². The molecule has 9 heteroatoms. The molecule has 0 radical (unpaired) electrons. The van der Waals surface area contributed by atoms with Crippen LogP contribution in [-0.2, 0) is 14.8 Å². The first kappa shape index (κ1) is 21.8. The van der Waals surface area contributed by atoms with Crippen molar-refractivity contribution < 1.29 is 17.6 Å². The van der Waals surface area contributed by atoms with E-state index in [-0.39, 0.29) is 36.2 Å². The second-order valence-electron chi connectivity index (χ2n) is 5.95. The van der Waals surface area contributed by atoms with Crippen LogP contribution in [0.3, 0.4) is 0 Å². The maximum Gasteiger partial charge on any atom is 0.240 e. The third-order valence-corrected chi connectivity index (χ3v) is 5.52. The lowest BCUT2D eigenvalue weighted by Crippen LogP contribution is -2.34. The van der Waals surface area contributed by atoms with Crippen LogP contribution in [-0.4, -0.2) is 40.5 Å². The maximum atomic E-state index is 12.8. The molecule has 3 N–H and O–H groups in total. The highest BCUT2D eigenvalue weighted by atomic mass is 35.5. The number of benzene rings is 1. The van der Waals surface area contributed by atoms with Crippen LogP contribution in [0.5, 0.6) is 0 Å². The summed E-state index contributed by atoms with van der Waals surface area (Å²) in [5, 5.41) is 6.14. The Morgan fingerprint density at radius 1 is 1.24 bits per heavy atom. The second-order valence-corrected chi connectivity index (χ2v) is 7.72. The van der Waals surface area contributed by atoms with Gasteiger partial charge in [0.2, 0.25) is 15.9 Å². The van der Waals surface area contributed by atoms with Gasteiger partial charge >= 0.3 is 0 Å². The minimum absolute atomic E-state index is 0. The van der Waals surface area contributed by atoms with E-state index >= 15 is 0 Å². The molecule has 1 aliphatic rings. The summed E-state index contributed by atoms with van der Waals surface area (Å²) in [6.07, 6.45) is 3.35. The number of halogens is 2. The molecule has 1 amide bonds. The van der Waals surface area contributed by atoms with Gasteiger partial charge in [-0.3, -0.25) is 4.79 Å². The van der Waals surface area contributed by atoms with E-state index in [4.69, 9.17) is 0 Å². The highest BCUT2D eigenvalue weighted by Gasteiger charge is 2.15. The predicted octanol–water partition coefficient (Wildman–Crippen LogP) is 1.42. The lowest BCUT2D eigenvalue weighted by molar-refractivity contribution is -0.120. The molecule has 1 heterocycles. The van der Waals surface area contributed by atoms with Crippen LogP contribution >= 0.6 is 12.4 Å². The molecule has 1 aromatic rings. The van der Waals surface area contributed by atoms with Crippen LogP contribution in [0.1, 0.15) is 25.7 Å². The highest BCUT2D eigenvalue weighted by molar-refractivity contribution is 7.89. The Bertz CT molecular complexity index is 635. The number of hydrogen-bond acceptors (Lipinski definition) is 4. The Morgan fingerprint density at radius 3 is 2.60 bits per heavy atom. The standard InChI is InChI=1S/C16H24FN3O3S.ClH/c17-14-3-5-15(6-4-14)24(22,23)20-11-8-16(21)19-10-7-13-2-1-9-18-12-13;/h3-6,13,18,20H,1-2,7-12H2,(H,19,21);1H. The average Bonchev–Trinajstić information content (AvgIpc) is 2.56. The number of amides is 1.